The number of benzene rings is 3. The normalized spacial score (nSPS) is 18.5. The molecule has 0 unspecified atom stereocenters. The second-order valence-electron chi connectivity index (χ2n) is 7.64. The van der Waals surface area contributed by atoms with E-state index >= 15 is 0 Å². The standard InChI is InChI=1S/C25H22N4O2/c1-29-21-14-8-6-12-18(21)22(16-9-3-2-4-10-16)27-23(25(29)31)28-24(30)20-15-17-11-5-7-13-19(17)26-20/h2-15,22-23,26-27H,1H3,(H,28,30)/t22-,23+/m0/s1. The van der Waals surface area contributed by atoms with Crippen molar-refractivity contribution in [2.24, 2.45) is 0 Å². The van der Waals surface area contributed by atoms with Crippen molar-refractivity contribution in [2.45, 2.75) is 12.2 Å². The van der Waals surface area contributed by atoms with Crippen molar-refractivity contribution >= 4 is 28.4 Å². The highest BCUT2D eigenvalue weighted by atomic mass is 16.2. The number of anilines is 1. The number of amides is 2. The highest BCUT2D eigenvalue weighted by Gasteiger charge is 2.34. The molecule has 2 amide bonds. The number of para-hydroxylation sites is 2. The summed E-state index contributed by atoms with van der Waals surface area (Å²) >= 11 is 0. The van der Waals surface area contributed by atoms with Crippen molar-refractivity contribution < 1.29 is 9.59 Å². The van der Waals surface area contributed by atoms with Crippen LogP contribution in [0, 0.1) is 0 Å². The van der Waals surface area contributed by atoms with Gasteiger partial charge in [0.15, 0.2) is 6.17 Å². The zero-order valence-electron chi connectivity index (χ0n) is 17.0. The van der Waals surface area contributed by atoms with Crippen LogP contribution in [0.5, 0.6) is 0 Å². The number of nitrogens with zero attached hydrogens (tertiary/aromatic N) is 1. The Morgan fingerprint density at radius 2 is 1.65 bits per heavy atom. The van der Waals surface area contributed by atoms with Gasteiger partial charge in [0.2, 0.25) is 0 Å². The van der Waals surface area contributed by atoms with Crippen LogP contribution in [-0.2, 0) is 4.79 Å². The average Bonchev–Trinajstić information content (AvgIpc) is 3.22. The van der Waals surface area contributed by atoms with Crippen LogP contribution in [0.2, 0.25) is 0 Å². The molecular weight excluding hydrogens is 388 g/mol. The van der Waals surface area contributed by atoms with E-state index in [-0.39, 0.29) is 17.9 Å². The molecule has 2 atom stereocenters. The fourth-order valence-corrected chi connectivity index (χ4v) is 4.11. The molecule has 0 spiro atoms. The largest absolute Gasteiger partial charge is 0.351 e. The van der Waals surface area contributed by atoms with Crippen molar-refractivity contribution in [1.29, 1.82) is 0 Å². The molecule has 0 aliphatic carbocycles. The van der Waals surface area contributed by atoms with Gasteiger partial charge in [-0.25, -0.2) is 0 Å². The zero-order valence-corrected chi connectivity index (χ0v) is 17.0. The first-order chi connectivity index (χ1) is 15.1. The molecule has 6 heteroatoms. The van der Waals surface area contributed by atoms with Gasteiger partial charge in [-0.2, -0.15) is 0 Å². The molecule has 1 aromatic heterocycles. The summed E-state index contributed by atoms with van der Waals surface area (Å²) in [5.74, 6) is -0.566. The Labute approximate surface area is 179 Å². The van der Waals surface area contributed by atoms with Crippen molar-refractivity contribution in [3.05, 3.63) is 102 Å². The van der Waals surface area contributed by atoms with E-state index in [1.807, 2.05) is 78.9 Å². The monoisotopic (exact) mass is 410 g/mol. The summed E-state index contributed by atoms with van der Waals surface area (Å²) in [4.78, 5) is 31.0. The predicted octanol–water partition coefficient (Wildman–Crippen LogP) is 3.58. The highest BCUT2D eigenvalue weighted by molar-refractivity contribution is 6.03. The maximum Gasteiger partial charge on any atom is 0.269 e. The Hall–Kier alpha value is -3.90. The van der Waals surface area contributed by atoms with Crippen molar-refractivity contribution in [1.82, 2.24) is 15.6 Å². The summed E-state index contributed by atoms with van der Waals surface area (Å²) in [7, 11) is 1.73. The second-order valence-corrected chi connectivity index (χ2v) is 7.64. The van der Waals surface area contributed by atoms with E-state index in [1.54, 1.807) is 18.0 Å². The van der Waals surface area contributed by atoms with Crippen LogP contribution in [0.3, 0.4) is 0 Å². The highest BCUT2D eigenvalue weighted by Crippen LogP contribution is 2.33. The van der Waals surface area contributed by atoms with E-state index in [9.17, 15) is 9.59 Å². The molecule has 3 aromatic carbocycles. The summed E-state index contributed by atoms with van der Waals surface area (Å²) in [6, 6.07) is 26.9. The van der Waals surface area contributed by atoms with E-state index in [1.165, 1.54) is 0 Å². The summed E-state index contributed by atoms with van der Waals surface area (Å²) in [5.41, 5.74) is 4.10. The maximum atomic E-state index is 13.3. The van der Waals surface area contributed by atoms with Crippen LogP contribution in [0.15, 0.2) is 84.9 Å². The smallest absolute Gasteiger partial charge is 0.269 e. The van der Waals surface area contributed by atoms with Gasteiger partial charge in [0, 0.05) is 23.6 Å². The number of fused-ring (bicyclic) bond motifs is 2. The number of aromatic amines is 1. The van der Waals surface area contributed by atoms with E-state index in [0.717, 1.165) is 27.7 Å². The maximum absolute atomic E-state index is 13.3. The Morgan fingerprint density at radius 1 is 0.935 bits per heavy atom. The molecule has 1 aliphatic heterocycles. The lowest BCUT2D eigenvalue weighted by Gasteiger charge is -2.23. The van der Waals surface area contributed by atoms with Gasteiger partial charge in [-0.15, -0.1) is 0 Å². The number of carbonyl (C=O) groups excluding carboxylic acids is 2. The third kappa shape index (κ3) is 3.47. The van der Waals surface area contributed by atoms with Gasteiger partial charge in [0.1, 0.15) is 5.69 Å². The number of hydrogen-bond donors (Lipinski definition) is 3. The second kappa shape index (κ2) is 7.74. The molecule has 1 aliphatic rings. The van der Waals surface area contributed by atoms with Gasteiger partial charge in [-0.05, 0) is 29.3 Å². The minimum absolute atomic E-state index is 0.227. The fourth-order valence-electron chi connectivity index (χ4n) is 4.11. The van der Waals surface area contributed by atoms with Gasteiger partial charge >= 0.3 is 0 Å². The summed E-state index contributed by atoms with van der Waals surface area (Å²) in [6.45, 7) is 0. The predicted molar refractivity (Wildman–Crippen MR) is 121 cm³/mol. The summed E-state index contributed by atoms with van der Waals surface area (Å²) in [6.07, 6.45) is -0.887. The number of H-pyrrole nitrogens is 1. The van der Waals surface area contributed by atoms with Crippen LogP contribution >= 0.6 is 0 Å². The molecule has 5 rings (SSSR count). The first-order valence-electron chi connectivity index (χ1n) is 10.2. The van der Waals surface area contributed by atoms with Gasteiger partial charge in [0.05, 0.1) is 6.04 Å². The lowest BCUT2D eigenvalue weighted by Crippen LogP contribution is -2.54. The minimum Gasteiger partial charge on any atom is -0.351 e. The number of nitrogens with one attached hydrogen (secondary N) is 3. The Bertz CT molecular complexity index is 1230. The number of likely N-dealkylation sites (N-methyl/N-ethyl adjacent to an activating group) is 1. The molecule has 0 saturated heterocycles. The average molecular weight is 410 g/mol. The Balaban J connectivity index is 1.50. The molecule has 154 valence electrons. The molecule has 4 aromatic rings. The molecule has 2 heterocycles. The minimum atomic E-state index is -0.887. The number of carbonyl (C=O) groups is 2. The molecule has 31 heavy (non-hydrogen) atoms. The SMILES string of the molecule is CN1C(=O)[C@@H](NC(=O)c2cc3ccccc3[nH]2)N[C@@H](c2ccccc2)c2ccccc21. The van der Waals surface area contributed by atoms with Crippen LogP contribution in [0.4, 0.5) is 5.69 Å². The van der Waals surface area contributed by atoms with Crippen molar-refractivity contribution in [2.75, 3.05) is 11.9 Å². The number of hydrogen-bond acceptors (Lipinski definition) is 3. The number of rotatable bonds is 3. The van der Waals surface area contributed by atoms with E-state index in [4.69, 9.17) is 0 Å². The molecule has 0 fully saturated rings. The van der Waals surface area contributed by atoms with Gasteiger partial charge in [-0.1, -0.05) is 66.7 Å². The van der Waals surface area contributed by atoms with E-state index < -0.39 is 6.17 Å². The summed E-state index contributed by atoms with van der Waals surface area (Å²) < 4.78 is 0. The lowest BCUT2D eigenvalue weighted by molar-refractivity contribution is -0.120. The quantitative estimate of drug-likeness (QED) is 0.483. The number of aromatic nitrogens is 1. The van der Waals surface area contributed by atoms with Crippen LogP contribution in [0.1, 0.15) is 27.7 Å². The van der Waals surface area contributed by atoms with Gasteiger partial charge < -0.3 is 15.2 Å². The lowest BCUT2D eigenvalue weighted by atomic mass is 9.97. The summed E-state index contributed by atoms with van der Waals surface area (Å²) in [5, 5.41) is 7.19. The topological polar surface area (TPSA) is 77.2 Å². The van der Waals surface area contributed by atoms with Crippen LogP contribution in [-0.4, -0.2) is 30.0 Å². The van der Waals surface area contributed by atoms with Gasteiger partial charge in [0.25, 0.3) is 11.8 Å². The first-order valence-corrected chi connectivity index (χ1v) is 10.2. The van der Waals surface area contributed by atoms with Crippen molar-refractivity contribution in [3.63, 3.8) is 0 Å². The molecule has 3 N–H and O–H groups in total. The molecular formula is C25H22N4O2. The molecule has 6 nitrogen and oxygen atoms in total. The Morgan fingerprint density at radius 3 is 2.45 bits per heavy atom. The van der Waals surface area contributed by atoms with Crippen LogP contribution in [0.25, 0.3) is 10.9 Å². The van der Waals surface area contributed by atoms with Crippen LogP contribution < -0.4 is 15.5 Å². The third-order valence-corrected chi connectivity index (χ3v) is 5.70. The molecule has 0 radical (unpaired) electrons. The molecule has 0 saturated carbocycles. The molecule has 0 bridgehead atoms. The van der Waals surface area contributed by atoms with Crippen molar-refractivity contribution in [3.8, 4) is 0 Å². The first kappa shape index (κ1) is 19.1. The van der Waals surface area contributed by atoms with E-state index in [0.29, 0.717) is 5.69 Å². The van der Waals surface area contributed by atoms with E-state index in [2.05, 4.69) is 15.6 Å². The fraction of sp³-hybridized carbons (Fsp3) is 0.120. The zero-order chi connectivity index (χ0) is 21.4. The van der Waals surface area contributed by atoms with Gasteiger partial charge in [-0.3, -0.25) is 14.9 Å². The third-order valence-electron chi connectivity index (χ3n) is 5.70. The Kier molecular flexibility index (Phi) is 4.76.